The number of nitrogens with zero attached hydrogens (tertiary/aromatic N) is 1. The Hall–Kier alpha value is -0.580. The van der Waals surface area contributed by atoms with Gasteiger partial charge in [0.1, 0.15) is 0 Å². The van der Waals surface area contributed by atoms with E-state index >= 15 is 0 Å². The van der Waals surface area contributed by atoms with Crippen LogP contribution in [0.25, 0.3) is 0 Å². The minimum absolute atomic E-state index is 0.514. The zero-order valence-corrected chi connectivity index (χ0v) is 12.1. The Balaban J connectivity index is 1.91. The van der Waals surface area contributed by atoms with Gasteiger partial charge in [0.15, 0.2) is 0 Å². The van der Waals surface area contributed by atoms with E-state index in [1.807, 2.05) is 0 Å². The zero-order valence-electron chi connectivity index (χ0n) is 10.5. The van der Waals surface area contributed by atoms with Gasteiger partial charge >= 0.3 is 0 Å². The molecule has 0 saturated carbocycles. The molecular weight excluding hydrogens is 292 g/mol. The van der Waals surface area contributed by atoms with Gasteiger partial charge in [0, 0.05) is 29.3 Å². The predicted octanol–water partition coefficient (Wildman–Crippen LogP) is 2.71. The Bertz CT molecular complexity index is 412. The molecule has 0 radical (unpaired) electrons. The van der Waals surface area contributed by atoms with Gasteiger partial charge < -0.3 is 15.0 Å². The van der Waals surface area contributed by atoms with Crippen LogP contribution in [0.15, 0.2) is 22.7 Å². The Morgan fingerprint density at radius 1 is 1.28 bits per heavy atom. The lowest BCUT2D eigenvalue weighted by molar-refractivity contribution is 0.122. The molecular formula is C14H19BrN2O. The van der Waals surface area contributed by atoms with E-state index in [0.29, 0.717) is 6.04 Å². The minimum Gasteiger partial charge on any atom is -0.378 e. The van der Waals surface area contributed by atoms with Crippen molar-refractivity contribution >= 4 is 21.6 Å². The SMILES string of the molecule is Brc1ccc(N2CCOCC2)c([C@@H]2CCCN2)c1. The molecule has 0 bridgehead atoms. The van der Waals surface area contributed by atoms with Crippen molar-refractivity contribution in [1.82, 2.24) is 5.32 Å². The van der Waals surface area contributed by atoms with Crippen molar-refractivity contribution in [3.63, 3.8) is 0 Å². The van der Waals surface area contributed by atoms with E-state index in [4.69, 9.17) is 4.74 Å². The molecule has 1 aromatic rings. The highest BCUT2D eigenvalue weighted by molar-refractivity contribution is 9.10. The molecule has 1 atom stereocenters. The average Bonchev–Trinajstić information content (AvgIpc) is 2.93. The maximum atomic E-state index is 5.44. The fraction of sp³-hybridized carbons (Fsp3) is 0.571. The summed E-state index contributed by atoms with van der Waals surface area (Å²) >= 11 is 3.60. The third kappa shape index (κ3) is 2.56. The molecule has 0 aliphatic carbocycles. The first kappa shape index (κ1) is 12.5. The van der Waals surface area contributed by atoms with Gasteiger partial charge in [-0.3, -0.25) is 0 Å². The summed E-state index contributed by atoms with van der Waals surface area (Å²) in [6.07, 6.45) is 2.52. The van der Waals surface area contributed by atoms with Crippen molar-refractivity contribution in [1.29, 1.82) is 0 Å². The lowest BCUT2D eigenvalue weighted by Gasteiger charge is -2.32. The highest BCUT2D eigenvalue weighted by atomic mass is 79.9. The second-order valence-electron chi connectivity index (χ2n) is 4.95. The number of anilines is 1. The summed E-state index contributed by atoms with van der Waals surface area (Å²) < 4.78 is 6.61. The van der Waals surface area contributed by atoms with Gasteiger partial charge in [-0.2, -0.15) is 0 Å². The van der Waals surface area contributed by atoms with Gasteiger partial charge in [-0.15, -0.1) is 0 Å². The van der Waals surface area contributed by atoms with E-state index in [-0.39, 0.29) is 0 Å². The third-order valence-electron chi connectivity index (χ3n) is 3.78. The lowest BCUT2D eigenvalue weighted by atomic mass is 10.0. The van der Waals surface area contributed by atoms with Gasteiger partial charge in [-0.1, -0.05) is 15.9 Å². The Morgan fingerprint density at radius 2 is 2.11 bits per heavy atom. The van der Waals surface area contributed by atoms with E-state index in [0.717, 1.165) is 32.8 Å². The first-order valence-electron chi connectivity index (χ1n) is 6.70. The van der Waals surface area contributed by atoms with Crippen LogP contribution in [0.5, 0.6) is 0 Å². The number of nitrogens with one attached hydrogen (secondary N) is 1. The maximum absolute atomic E-state index is 5.44. The van der Waals surface area contributed by atoms with Gasteiger partial charge in [-0.25, -0.2) is 0 Å². The third-order valence-corrected chi connectivity index (χ3v) is 4.27. The molecule has 3 nitrogen and oxygen atoms in total. The number of hydrogen-bond acceptors (Lipinski definition) is 3. The molecule has 4 heteroatoms. The van der Waals surface area contributed by atoms with Crippen LogP contribution in [0.3, 0.4) is 0 Å². The lowest BCUT2D eigenvalue weighted by Crippen LogP contribution is -2.37. The number of hydrogen-bond donors (Lipinski definition) is 1. The van der Waals surface area contributed by atoms with Crippen LogP contribution in [0.4, 0.5) is 5.69 Å². The standard InChI is InChI=1S/C14H19BrN2O/c15-11-3-4-14(17-6-8-18-9-7-17)12(10-11)13-2-1-5-16-13/h3-4,10,13,16H,1-2,5-9H2/t13-/m0/s1. The molecule has 2 heterocycles. The van der Waals surface area contributed by atoms with E-state index in [1.165, 1.54) is 28.6 Å². The number of morpholine rings is 1. The molecule has 18 heavy (non-hydrogen) atoms. The van der Waals surface area contributed by atoms with E-state index in [9.17, 15) is 0 Å². The van der Waals surface area contributed by atoms with Crippen LogP contribution in [0, 0.1) is 0 Å². The van der Waals surface area contributed by atoms with E-state index < -0.39 is 0 Å². The topological polar surface area (TPSA) is 24.5 Å². The van der Waals surface area contributed by atoms with Crippen LogP contribution in [0.1, 0.15) is 24.4 Å². The fourth-order valence-corrected chi connectivity index (χ4v) is 3.23. The second kappa shape index (κ2) is 5.59. The molecule has 0 spiro atoms. The molecule has 1 N–H and O–H groups in total. The van der Waals surface area contributed by atoms with Crippen LogP contribution < -0.4 is 10.2 Å². The van der Waals surface area contributed by atoms with Gasteiger partial charge in [-0.05, 0) is 43.1 Å². The Morgan fingerprint density at radius 3 is 2.83 bits per heavy atom. The summed E-state index contributed by atoms with van der Waals surface area (Å²) in [5.74, 6) is 0. The van der Waals surface area contributed by atoms with E-state index in [2.05, 4.69) is 44.3 Å². The summed E-state index contributed by atoms with van der Waals surface area (Å²) in [4.78, 5) is 2.45. The quantitative estimate of drug-likeness (QED) is 0.909. The first-order chi connectivity index (χ1) is 8.84. The van der Waals surface area contributed by atoms with Gasteiger partial charge in [0.2, 0.25) is 0 Å². The zero-order chi connectivity index (χ0) is 12.4. The van der Waals surface area contributed by atoms with Crippen LogP contribution in [-0.4, -0.2) is 32.8 Å². The van der Waals surface area contributed by atoms with Crippen molar-refractivity contribution in [2.24, 2.45) is 0 Å². The van der Waals surface area contributed by atoms with E-state index in [1.54, 1.807) is 0 Å². The molecule has 98 valence electrons. The van der Waals surface area contributed by atoms with Crippen LogP contribution in [-0.2, 0) is 4.74 Å². The second-order valence-corrected chi connectivity index (χ2v) is 5.87. The molecule has 0 aromatic heterocycles. The van der Waals surface area contributed by atoms with Crippen molar-refractivity contribution in [2.45, 2.75) is 18.9 Å². The van der Waals surface area contributed by atoms with Gasteiger partial charge in [0.25, 0.3) is 0 Å². The highest BCUT2D eigenvalue weighted by Gasteiger charge is 2.22. The summed E-state index contributed by atoms with van der Waals surface area (Å²) in [5.41, 5.74) is 2.81. The molecule has 2 fully saturated rings. The maximum Gasteiger partial charge on any atom is 0.0642 e. The molecule has 2 aliphatic rings. The minimum atomic E-state index is 0.514. The number of halogens is 1. The summed E-state index contributed by atoms with van der Waals surface area (Å²) in [7, 11) is 0. The molecule has 0 amide bonds. The monoisotopic (exact) mass is 310 g/mol. The smallest absolute Gasteiger partial charge is 0.0642 e. The number of ether oxygens (including phenoxy) is 1. The highest BCUT2D eigenvalue weighted by Crippen LogP contribution is 2.34. The molecule has 1 aromatic carbocycles. The number of rotatable bonds is 2. The summed E-state index contributed by atoms with van der Waals surface area (Å²) in [6, 6.07) is 7.17. The van der Waals surface area contributed by atoms with Crippen molar-refractivity contribution in [3.05, 3.63) is 28.2 Å². The molecule has 3 rings (SSSR count). The number of benzene rings is 1. The Kier molecular flexibility index (Phi) is 3.87. The normalized spacial score (nSPS) is 24.5. The van der Waals surface area contributed by atoms with Crippen molar-refractivity contribution in [3.8, 4) is 0 Å². The van der Waals surface area contributed by atoms with Crippen molar-refractivity contribution < 1.29 is 4.74 Å². The van der Waals surface area contributed by atoms with Crippen molar-refractivity contribution in [2.75, 3.05) is 37.7 Å². The fourth-order valence-electron chi connectivity index (χ4n) is 2.85. The largest absolute Gasteiger partial charge is 0.378 e. The first-order valence-corrected chi connectivity index (χ1v) is 7.49. The molecule has 2 saturated heterocycles. The predicted molar refractivity (Wildman–Crippen MR) is 77.2 cm³/mol. The average molecular weight is 311 g/mol. The molecule has 2 aliphatic heterocycles. The van der Waals surface area contributed by atoms with Crippen LogP contribution >= 0.6 is 15.9 Å². The Labute approximate surface area is 117 Å². The van der Waals surface area contributed by atoms with Gasteiger partial charge in [0.05, 0.1) is 13.2 Å². The summed E-state index contributed by atoms with van der Waals surface area (Å²) in [6.45, 7) is 4.82. The summed E-state index contributed by atoms with van der Waals surface area (Å²) in [5, 5.41) is 3.60. The molecule has 0 unspecified atom stereocenters. The van der Waals surface area contributed by atoms with Crippen LogP contribution in [0.2, 0.25) is 0 Å².